The van der Waals surface area contributed by atoms with Gasteiger partial charge in [0, 0.05) is 36.1 Å². The van der Waals surface area contributed by atoms with Crippen LogP contribution in [0.1, 0.15) is 42.2 Å². The lowest BCUT2D eigenvalue weighted by molar-refractivity contribution is -0.109. The van der Waals surface area contributed by atoms with E-state index in [0.29, 0.717) is 41.5 Å². The van der Waals surface area contributed by atoms with Crippen LogP contribution < -0.4 is 10.6 Å². The van der Waals surface area contributed by atoms with Crippen LogP contribution in [0.15, 0.2) is 65.3 Å². The minimum absolute atomic E-state index is 0.00608. The Morgan fingerprint density at radius 2 is 1.88 bits per heavy atom. The first kappa shape index (κ1) is 27.4. The predicted molar refractivity (Wildman–Crippen MR) is 147 cm³/mol. The Labute approximate surface area is 238 Å². The number of nitrogens with one attached hydrogen (secondary N) is 2. The summed E-state index contributed by atoms with van der Waals surface area (Å²) in [5.41, 5.74) is 2.57. The van der Waals surface area contributed by atoms with Gasteiger partial charge in [0.25, 0.3) is 17.7 Å². The number of aldehydes is 1. The largest absolute Gasteiger partial charge is 0.464 e. The Hall–Kier alpha value is -4.21. The summed E-state index contributed by atoms with van der Waals surface area (Å²) in [7, 11) is 0. The van der Waals surface area contributed by atoms with Crippen molar-refractivity contribution in [3.63, 3.8) is 0 Å². The summed E-state index contributed by atoms with van der Waals surface area (Å²) in [5, 5.41) is 6.09. The smallest absolute Gasteiger partial charge is 0.254 e. The summed E-state index contributed by atoms with van der Waals surface area (Å²) in [6, 6.07) is 12.7. The van der Waals surface area contributed by atoms with E-state index in [-0.39, 0.29) is 40.2 Å². The molecule has 1 aliphatic heterocycles. The third kappa shape index (κ3) is 5.57. The summed E-state index contributed by atoms with van der Waals surface area (Å²) in [5.74, 6) is -2.05. The molecule has 1 aliphatic rings. The van der Waals surface area contributed by atoms with Crippen LogP contribution in [0, 0.1) is 5.82 Å². The lowest BCUT2D eigenvalue weighted by Gasteiger charge is -2.30. The van der Waals surface area contributed by atoms with Gasteiger partial charge in [0.05, 0.1) is 21.9 Å². The average Bonchev–Trinajstić information content (AvgIpc) is 3.42. The summed E-state index contributed by atoms with van der Waals surface area (Å²) in [6.45, 7) is 0.383. The second-order valence-electron chi connectivity index (χ2n) is 9.27. The molecule has 0 radical (unpaired) electrons. The Morgan fingerprint density at radius 1 is 1.05 bits per heavy atom. The molecule has 8 nitrogen and oxygen atoms in total. The van der Waals surface area contributed by atoms with E-state index in [0.717, 1.165) is 11.5 Å². The first-order valence-corrected chi connectivity index (χ1v) is 13.1. The monoisotopic (exact) mass is 581 g/mol. The van der Waals surface area contributed by atoms with Gasteiger partial charge in [-0.3, -0.25) is 14.4 Å². The van der Waals surface area contributed by atoms with Gasteiger partial charge >= 0.3 is 0 Å². The molecule has 0 saturated carbocycles. The number of hydrogen-bond donors (Lipinski definition) is 2. The molecule has 0 fully saturated rings. The van der Waals surface area contributed by atoms with E-state index in [9.17, 15) is 23.6 Å². The van der Waals surface area contributed by atoms with Crippen molar-refractivity contribution >= 4 is 58.2 Å². The van der Waals surface area contributed by atoms with E-state index in [2.05, 4.69) is 10.6 Å². The normalized spacial score (nSPS) is 13.4. The maximum absolute atomic E-state index is 13.4. The van der Waals surface area contributed by atoms with Gasteiger partial charge in [-0.1, -0.05) is 35.3 Å². The number of fused-ring (bicyclic) bond motifs is 2. The Kier molecular flexibility index (Phi) is 7.86. The maximum Gasteiger partial charge on any atom is 0.254 e. The third-order valence-corrected chi connectivity index (χ3v) is 7.39. The van der Waals surface area contributed by atoms with E-state index in [1.807, 2.05) is 12.1 Å². The summed E-state index contributed by atoms with van der Waals surface area (Å²) < 4.78 is 18.8. The predicted octanol–water partition coefficient (Wildman–Crippen LogP) is 4.80. The number of hydrogen-bond acceptors (Lipinski definition) is 5. The molecule has 1 aromatic heterocycles. The van der Waals surface area contributed by atoms with Crippen LogP contribution in [-0.4, -0.2) is 48.0 Å². The van der Waals surface area contributed by atoms with E-state index in [1.54, 1.807) is 29.4 Å². The van der Waals surface area contributed by atoms with Crippen molar-refractivity contribution in [3.05, 3.63) is 105 Å². The number of halogens is 3. The van der Waals surface area contributed by atoms with Gasteiger partial charge in [0.1, 0.15) is 23.7 Å². The summed E-state index contributed by atoms with van der Waals surface area (Å²) in [6.07, 6.45) is 2.42. The van der Waals surface area contributed by atoms with Crippen molar-refractivity contribution < 1.29 is 28.0 Å². The molecule has 0 saturated heterocycles. The standard InChI is InChI=1S/C29H22Cl2FN3O5/c30-23-11-19-14-35(29(39)18-5-4-16-7-9-40-24(16)12-18)8-6-22(19)26(31)25(23)28(38)34-21(15-36)13-33-27(37)17-2-1-3-20(32)10-17/h1-5,7,9-12,15,21H,6,8,13-14H2,(H,33,37)(H,34,38)/t21-/m0/s1. The van der Waals surface area contributed by atoms with Gasteiger partial charge in [0.15, 0.2) is 0 Å². The molecule has 11 heteroatoms. The van der Waals surface area contributed by atoms with Crippen molar-refractivity contribution in [2.45, 2.75) is 19.0 Å². The maximum atomic E-state index is 13.4. The Balaban J connectivity index is 1.27. The SMILES string of the molecule is O=C[C@H](CNC(=O)c1cccc(F)c1)NC(=O)c1c(Cl)cc2c(c1Cl)CCN(C(=O)c1ccc3ccoc3c1)C2. The molecule has 0 spiro atoms. The molecule has 204 valence electrons. The minimum Gasteiger partial charge on any atom is -0.464 e. The van der Waals surface area contributed by atoms with Gasteiger partial charge in [-0.05, 0) is 60.0 Å². The number of furan rings is 1. The van der Waals surface area contributed by atoms with Crippen molar-refractivity contribution in [1.29, 1.82) is 0 Å². The van der Waals surface area contributed by atoms with Gasteiger partial charge in [0.2, 0.25) is 0 Å². The lowest BCUT2D eigenvalue weighted by Crippen LogP contribution is -2.45. The number of carbonyl (C=O) groups excluding carboxylic acids is 4. The number of amides is 3. The molecule has 5 rings (SSSR count). The van der Waals surface area contributed by atoms with Crippen LogP contribution in [-0.2, 0) is 17.8 Å². The zero-order valence-corrected chi connectivity index (χ0v) is 22.4. The number of nitrogens with zero attached hydrogens (tertiary/aromatic N) is 1. The molecule has 0 unspecified atom stereocenters. The second kappa shape index (κ2) is 11.5. The van der Waals surface area contributed by atoms with Crippen LogP contribution in [0.2, 0.25) is 10.0 Å². The van der Waals surface area contributed by atoms with Crippen LogP contribution >= 0.6 is 23.2 Å². The molecule has 1 atom stereocenters. The van der Waals surface area contributed by atoms with Crippen molar-refractivity contribution in [2.75, 3.05) is 13.1 Å². The van der Waals surface area contributed by atoms with Crippen molar-refractivity contribution in [1.82, 2.24) is 15.5 Å². The first-order valence-electron chi connectivity index (χ1n) is 12.3. The number of benzene rings is 3. The molecule has 3 amide bonds. The summed E-state index contributed by atoms with van der Waals surface area (Å²) >= 11 is 13.1. The fraction of sp³-hybridized carbons (Fsp3) is 0.172. The quantitative estimate of drug-likeness (QED) is 0.305. The van der Waals surface area contributed by atoms with Gasteiger partial charge < -0.3 is 24.7 Å². The third-order valence-electron chi connectivity index (χ3n) is 6.67. The fourth-order valence-electron chi connectivity index (χ4n) is 4.61. The highest BCUT2D eigenvalue weighted by Gasteiger charge is 2.28. The highest BCUT2D eigenvalue weighted by molar-refractivity contribution is 6.40. The zero-order valence-electron chi connectivity index (χ0n) is 20.9. The number of rotatable bonds is 7. The molecule has 4 aromatic rings. The Morgan fingerprint density at radius 3 is 2.65 bits per heavy atom. The summed E-state index contributed by atoms with van der Waals surface area (Å²) in [4.78, 5) is 51.8. The average molecular weight is 582 g/mol. The van der Waals surface area contributed by atoms with Gasteiger partial charge in [-0.15, -0.1) is 0 Å². The van der Waals surface area contributed by atoms with Crippen LogP contribution in [0.5, 0.6) is 0 Å². The molecule has 0 aliphatic carbocycles. The van der Waals surface area contributed by atoms with Gasteiger partial charge in [-0.2, -0.15) is 0 Å². The Bertz CT molecular complexity index is 1650. The molecule has 40 heavy (non-hydrogen) atoms. The minimum atomic E-state index is -1.09. The van der Waals surface area contributed by atoms with E-state index < -0.39 is 23.7 Å². The van der Waals surface area contributed by atoms with Crippen LogP contribution in [0.4, 0.5) is 4.39 Å². The zero-order chi connectivity index (χ0) is 28.4. The molecular formula is C29H22Cl2FN3O5. The molecular weight excluding hydrogens is 560 g/mol. The molecule has 3 aromatic carbocycles. The van der Waals surface area contributed by atoms with Crippen LogP contribution in [0.3, 0.4) is 0 Å². The van der Waals surface area contributed by atoms with Crippen molar-refractivity contribution in [3.8, 4) is 0 Å². The lowest BCUT2D eigenvalue weighted by atomic mass is 9.96. The number of carbonyl (C=O) groups is 4. The van der Waals surface area contributed by atoms with Crippen LogP contribution in [0.25, 0.3) is 11.0 Å². The van der Waals surface area contributed by atoms with E-state index in [4.69, 9.17) is 27.6 Å². The fourth-order valence-corrected chi connectivity index (χ4v) is 5.38. The molecule has 2 heterocycles. The highest BCUT2D eigenvalue weighted by atomic mass is 35.5. The molecule has 2 N–H and O–H groups in total. The van der Waals surface area contributed by atoms with Gasteiger partial charge in [-0.25, -0.2) is 4.39 Å². The second-order valence-corrected chi connectivity index (χ2v) is 10.1. The van der Waals surface area contributed by atoms with Crippen molar-refractivity contribution in [2.24, 2.45) is 0 Å². The molecule has 0 bridgehead atoms. The first-order chi connectivity index (χ1) is 19.2. The topological polar surface area (TPSA) is 109 Å². The van der Waals surface area contributed by atoms with E-state index in [1.165, 1.54) is 18.2 Å². The highest BCUT2D eigenvalue weighted by Crippen LogP contribution is 2.35. The van der Waals surface area contributed by atoms with E-state index >= 15 is 0 Å².